The lowest BCUT2D eigenvalue weighted by Crippen LogP contribution is -2.62. The molecule has 7 heteroatoms. The Morgan fingerprint density at radius 2 is 1.74 bits per heavy atom. The fourth-order valence-corrected chi connectivity index (χ4v) is 5.33. The van der Waals surface area contributed by atoms with Crippen molar-refractivity contribution in [2.75, 3.05) is 39.4 Å². The predicted octanol–water partition coefficient (Wildman–Crippen LogP) is 3.01. The Kier molecular flexibility index (Phi) is 10.9. The van der Waals surface area contributed by atoms with Crippen molar-refractivity contribution in [2.45, 2.75) is 70.4 Å². The van der Waals surface area contributed by atoms with Crippen LogP contribution in [0.3, 0.4) is 0 Å². The van der Waals surface area contributed by atoms with Gasteiger partial charge >= 0.3 is 0 Å². The molecule has 2 saturated heterocycles. The minimum Gasteiger partial charge on any atom is -0.379 e. The lowest BCUT2D eigenvalue weighted by Gasteiger charge is -2.47. The van der Waals surface area contributed by atoms with Crippen LogP contribution in [-0.4, -0.2) is 61.8 Å². The Morgan fingerprint density at radius 3 is 2.33 bits per heavy atom. The maximum absolute atomic E-state index is 12.7. The first-order valence-corrected chi connectivity index (χ1v) is 10.4. The molecule has 0 aromatic carbocycles. The largest absolute Gasteiger partial charge is 0.379 e. The van der Waals surface area contributed by atoms with E-state index in [1.54, 1.807) is 0 Å². The van der Waals surface area contributed by atoms with Crippen molar-refractivity contribution in [2.24, 2.45) is 11.8 Å². The van der Waals surface area contributed by atoms with E-state index in [0.717, 1.165) is 39.4 Å². The number of morpholine rings is 1. The molecule has 3 fully saturated rings. The molecule has 0 aromatic heterocycles. The summed E-state index contributed by atoms with van der Waals surface area (Å²) in [5.41, 5.74) is 0.150. The Balaban J connectivity index is 0.00000182. The molecule has 2 heterocycles. The molecule has 0 radical (unpaired) electrons. The normalized spacial score (nSPS) is 25.7. The monoisotopic (exact) mass is 423 g/mol. The van der Waals surface area contributed by atoms with Gasteiger partial charge in [0, 0.05) is 31.1 Å². The van der Waals surface area contributed by atoms with Gasteiger partial charge in [-0.2, -0.15) is 0 Å². The Bertz CT molecular complexity index is 435. The molecule has 0 spiro atoms. The molecule has 1 aliphatic carbocycles. The number of rotatable bonds is 6. The number of nitrogens with zero attached hydrogens (tertiary/aromatic N) is 1. The van der Waals surface area contributed by atoms with Gasteiger partial charge < -0.3 is 15.4 Å². The van der Waals surface area contributed by atoms with E-state index in [0.29, 0.717) is 18.3 Å². The highest BCUT2D eigenvalue weighted by Crippen LogP contribution is 2.38. The zero-order valence-corrected chi connectivity index (χ0v) is 18.6. The first-order valence-electron chi connectivity index (χ1n) is 10.4. The van der Waals surface area contributed by atoms with Gasteiger partial charge in [0.2, 0.25) is 5.91 Å². The SMILES string of the molecule is CC(CC(=O)NC(C)C1(N2CCOCC2)CCCC1)C1CCNCC1.Cl.Cl. The van der Waals surface area contributed by atoms with E-state index in [4.69, 9.17) is 4.74 Å². The predicted molar refractivity (Wildman–Crippen MR) is 115 cm³/mol. The fraction of sp³-hybridized carbons (Fsp3) is 0.950. The van der Waals surface area contributed by atoms with Gasteiger partial charge in [-0.25, -0.2) is 0 Å². The molecule has 3 rings (SSSR count). The number of carbonyl (C=O) groups excluding carboxylic acids is 1. The summed E-state index contributed by atoms with van der Waals surface area (Å²) in [4.78, 5) is 15.3. The van der Waals surface area contributed by atoms with Crippen molar-refractivity contribution in [1.29, 1.82) is 0 Å². The summed E-state index contributed by atoms with van der Waals surface area (Å²) in [5, 5.41) is 6.81. The maximum atomic E-state index is 12.7. The number of ether oxygens (including phenoxy) is 1. The van der Waals surface area contributed by atoms with E-state index in [1.807, 2.05) is 0 Å². The number of amides is 1. The molecule has 2 atom stereocenters. The van der Waals surface area contributed by atoms with Gasteiger partial charge in [-0.1, -0.05) is 19.8 Å². The highest BCUT2D eigenvalue weighted by atomic mass is 35.5. The van der Waals surface area contributed by atoms with E-state index >= 15 is 0 Å². The second-order valence-electron chi connectivity index (χ2n) is 8.47. The zero-order valence-electron chi connectivity index (χ0n) is 17.0. The van der Waals surface area contributed by atoms with Crippen LogP contribution in [0.1, 0.15) is 58.8 Å². The van der Waals surface area contributed by atoms with Crippen LogP contribution < -0.4 is 10.6 Å². The highest BCUT2D eigenvalue weighted by molar-refractivity contribution is 5.85. The van der Waals surface area contributed by atoms with E-state index in [1.165, 1.54) is 38.5 Å². The second-order valence-corrected chi connectivity index (χ2v) is 8.47. The smallest absolute Gasteiger partial charge is 0.220 e. The second kappa shape index (κ2) is 11.8. The summed E-state index contributed by atoms with van der Waals surface area (Å²) in [6, 6.07) is 0.223. The van der Waals surface area contributed by atoms with E-state index in [-0.39, 0.29) is 42.3 Å². The fourth-order valence-electron chi connectivity index (χ4n) is 5.33. The van der Waals surface area contributed by atoms with Gasteiger partial charge in [-0.05, 0) is 57.5 Å². The summed E-state index contributed by atoms with van der Waals surface area (Å²) in [6.45, 7) is 10.4. The van der Waals surface area contributed by atoms with Crippen LogP contribution in [0.2, 0.25) is 0 Å². The van der Waals surface area contributed by atoms with Gasteiger partial charge in [0.05, 0.1) is 13.2 Å². The number of hydrogen-bond acceptors (Lipinski definition) is 4. The van der Waals surface area contributed by atoms with Crippen LogP contribution in [0.25, 0.3) is 0 Å². The Hall–Kier alpha value is -0.0700. The molecule has 5 nitrogen and oxygen atoms in total. The molecule has 27 heavy (non-hydrogen) atoms. The van der Waals surface area contributed by atoms with Crippen LogP contribution >= 0.6 is 24.8 Å². The Morgan fingerprint density at radius 1 is 1.15 bits per heavy atom. The summed E-state index contributed by atoms with van der Waals surface area (Å²) >= 11 is 0. The summed E-state index contributed by atoms with van der Waals surface area (Å²) in [6.07, 6.45) is 8.07. The lowest BCUT2D eigenvalue weighted by molar-refractivity contribution is -0.124. The average molecular weight is 424 g/mol. The molecule has 160 valence electrons. The molecule has 2 aliphatic heterocycles. The van der Waals surface area contributed by atoms with E-state index < -0.39 is 0 Å². The van der Waals surface area contributed by atoms with Crippen LogP contribution in [0.4, 0.5) is 0 Å². The van der Waals surface area contributed by atoms with Crippen LogP contribution in [0.5, 0.6) is 0 Å². The summed E-state index contributed by atoms with van der Waals surface area (Å²) < 4.78 is 5.55. The number of carbonyl (C=O) groups is 1. The summed E-state index contributed by atoms with van der Waals surface area (Å²) in [5.74, 6) is 1.43. The minimum atomic E-state index is 0. The van der Waals surface area contributed by atoms with E-state index in [9.17, 15) is 4.79 Å². The molecule has 1 amide bonds. The van der Waals surface area contributed by atoms with Crippen molar-refractivity contribution >= 4 is 30.7 Å². The van der Waals surface area contributed by atoms with Gasteiger partial charge in [0.1, 0.15) is 0 Å². The molecule has 2 unspecified atom stereocenters. The Labute approximate surface area is 177 Å². The molecule has 0 bridgehead atoms. The summed E-state index contributed by atoms with van der Waals surface area (Å²) in [7, 11) is 0. The van der Waals surface area contributed by atoms with Crippen LogP contribution in [-0.2, 0) is 9.53 Å². The molecule has 1 saturated carbocycles. The highest BCUT2D eigenvalue weighted by Gasteiger charge is 2.45. The van der Waals surface area contributed by atoms with Gasteiger partial charge in [0.15, 0.2) is 0 Å². The van der Waals surface area contributed by atoms with Crippen molar-refractivity contribution in [3.05, 3.63) is 0 Å². The topological polar surface area (TPSA) is 53.6 Å². The van der Waals surface area contributed by atoms with Crippen LogP contribution in [0.15, 0.2) is 0 Å². The van der Waals surface area contributed by atoms with Gasteiger partial charge in [0.25, 0.3) is 0 Å². The maximum Gasteiger partial charge on any atom is 0.220 e. The van der Waals surface area contributed by atoms with E-state index in [2.05, 4.69) is 29.4 Å². The molecule has 0 aromatic rings. The van der Waals surface area contributed by atoms with Crippen molar-refractivity contribution in [3.8, 4) is 0 Å². The number of piperidine rings is 1. The first kappa shape index (κ1) is 25.0. The number of nitrogens with one attached hydrogen (secondary N) is 2. The lowest BCUT2D eigenvalue weighted by atomic mass is 9.83. The van der Waals surface area contributed by atoms with Gasteiger partial charge in [-0.3, -0.25) is 9.69 Å². The molecule has 3 aliphatic rings. The average Bonchev–Trinajstić information content (AvgIpc) is 3.14. The third-order valence-corrected chi connectivity index (χ3v) is 6.99. The standard InChI is InChI=1S/C20H37N3O2.2ClH/c1-16(18-5-9-21-10-6-18)15-19(24)22-17(2)20(7-3-4-8-20)23-11-13-25-14-12-23;;/h16-18,21H,3-15H2,1-2H3,(H,22,24);2*1H. The van der Waals surface area contributed by atoms with Gasteiger partial charge in [-0.15, -0.1) is 24.8 Å². The first-order chi connectivity index (χ1) is 12.1. The van der Waals surface area contributed by atoms with Crippen molar-refractivity contribution in [1.82, 2.24) is 15.5 Å². The third-order valence-electron chi connectivity index (χ3n) is 6.99. The quantitative estimate of drug-likeness (QED) is 0.689. The number of halogens is 2. The molecular weight excluding hydrogens is 385 g/mol. The number of hydrogen-bond donors (Lipinski definition) is 2. The molecular formula is C20H39Cl2N3O2. The van der Waals surface area contributed by atoms with Crippen molar-refractivity contribution < 1.29 is 9.53 Å². The third kappa shape index (κ3) is 6.20. The molecule has 2 N–H and O–H groups in total. The van der Waals surface area contributed by atoms with Crippen LogP contribution in [0, 0.1) is 11.8 Å². The minimum absolute atomic E-state index is 0. The van der Waals surface area contributed by atoms with Crippen molar-refractivity contribution in [3.63, 3.8) is 0 Å². The zero-order chi connectivity index (χ0) is 17.7.